The first-order valence-electron chi connectivity index (χ1n) is 10.8. The van der Waals surface area contributed by atoms with Gasteiger partial charge < -0.3 is 24.8 Å². The van der Waals surface area contributed by atoms with Crippen LogP contribution in [0.25, 0.3) is 33.5 Å². The van der Waals surface area contributed by atoms with E-state index in [9.17, 15) is 4.79 Å². The number of H-pyrrole nitrogens is 2. The van der Waals surface area contributed by atoms with Gasteiger partial charge in [0, 0.05) is 37.3 Å². The van der Waals surface area contributed by atoms with Crippen molar-refractivity contribution in [3.8, 4) is 22.9 Å². The minimum absolute atomic E-state index is 0.296. The molecule has 34 heavy (non-hydrogen) atoms. The van der Waals surface area contributed by atoms with Crippen LogP contribution in [0.1, 0.15) is 25.7 Å². The molecule has 0 aliphatic carbocycles. The minimum atomic E-state index is -0.308. The average molecular weight is 460 g/mol. The molecular weight excluding hydrogens is 436 g/mol. The zero-order valence-corrected chi connectivity index (χ0v) is 19.2. The number of aromatic amines is 2. The molecule has 4 aromatic heterocycles. The van der Waals surface area contributed by atoms with Crippen molar-refractivity contribution in [2.75, 3.05) is 19.5 Å². The lowest BCUT2D eigenvalue weighted by molar-refractivity contribution is 0.397. The number of nitrogens with zero attached hydrogens (tertiary/aromatic N) is 5. The molecule has 5 aromatic rings. The van der Waals surface area contributed by atoms with E-state index in [-0.39, 0.29) is 11.6 Å². The summed E-state index contributed by atoms with van der Waals surface area (Å²) < 4.78 is 12.6. The molecule has 0 unspecified atom stereocenters. The fourth-order valence-corrected chi connectivity index (χ4v) is 3.91. The lowest BCUT2D eigenvalue weighted by Crippen LogP contribution is -2.17. The van der Waals surface area contributed by atoms with Gasteiger partial charge in [-0.1, -0.05) is 0 Å². The van der Waals surface area contributed by atoms with Crippen LogP contribution in [0.3, 0.4) is 0 Å². The Labute approximate surface area is 194 Å². The SMILES string of the molecule is CCn1cc2[nH]c(=O)c(-c3nc4c(OC)cc(OC)cc4[nH]3)c(N[C@@H](C)c3ncccn3)c2n1. The summed E-state index contributed by atoms with van der Waals surface area (Å²) in [6, 6.07) is 5.01. The number of aryl methyl sites for hydroxylation is 1. The standard InChI is InChI=1S/C23H24N8O3/c1-5-31-11-15-19(30-31)20(26-12(2)21-24-7-6-8-25-21)17(23(32)28-15)22-27-14-9-13(33-3)10-16(34-4)18(14)29-22/h6-12,26H,5H2,1-4H3,(H,27,29)(H,28,32)/t12-/m0/s1. The Balaban J connectivity index is 1.74. The Morgan fingerprint density at radius 1 is 1.09 bits per heavy atom. The number of nitrogens with one attached hydrogen (secondary N) is 3. The van der Waals surface area contributed by atoms with Gasteiger partial charge in [-0.25, -0.2) is 15.0 Å². The number of hydrogen-bond donors (Lipinski definition) is 3. The Morgan fingerprint density at radius 3 is 2.59 bits per heavy atom. The van der Waals surface area contributed by atoms with E-state index in [0.717, 1.165) is 0 Å². The fraction of sp³-hybridized carbons (Fsp3) is 0.261. The summed E-state index contributed by atoms with van der Waals surface area (Å²) in [6.07, 6.45) is 5.17. The second kappa shape index (κ2) is 8.50. The quantitative estimate of drug-likeness (QED) is 0.337. The second-order valence-electron chi connectivity index (χ2n) is 7.74. The van der Waals surface area contributed by atoms with E-state index in [1.165, 1.54) is 0 Å². The van der Waals surface area contributed by atoms with E-state index in [0.29, 0.717) is 63.0 Å². The maximum absolute atomic E-state index is 13.3. The highest BCUT2D eigenvalue weighted by Gasteiger charge is 2.23. The highest BCUT2D eigenvalue weighted by Crippen LogP contribution is 2.35. The highest BCUT2D eigenvalue weighted by atomic mass is 16.5. The summed E-state index contributed by atoms with van der Waals surface area (Å²) in [6.45, 7) is 4.57. The number of aromatic nitrogens is 7. The van der Waals surface area contributed by atoms with Gasteiger partial charge in [0.25, 0.3) is 5.56 Å². The summed E-state index contributed by atoms with van der Waals surface area (Å²) in [7, 11) is 3.14. The molecule has 1 aromatic carbocycles. The maximum Gasteiger partial charge on any atom is 0.261 e. The Bertz CT molecular complexity index is 1540. The van der Waals surface area contributed by atoms with Crippen molar-refractivity contribution in [3.63, 3.8) is 0 Å². The van der Waals surface area contributed by atoms with Crippen molar-refractivity contribution in [1.29, 1.82) is 0 Å². The van der Waals surface area contributed by atoms with Gasteiger partial charge in [0.05, 0.1) is 37.0 Å². The molecule has 0 aliphatic heterocycles. The topological polar surface area (TPSA) is 136 Å². The lowest BCUT2D eigenvalue weighted by atomic mass is 10.1. The van der Waals surface area contributed by atoms with Crippen LogP contribution in [-0.2, 0) is 6.54 Å². The molecule has 0 saturated carbocycles. The average Bonchev–Trinajstić information content (AvgIpc) is 3.47. The molecule has 0 radical (unpaired) electrons. The van der Waals surface area contributed by atoms with Crippen LogP contribution in [0, 0.1) is 0 Å². The minimum Gasteiger partial charge on any atom is -0.497 e. The van der Waals surface area contributed by atoms with Crippen molar-refractivity contribution in [2.24, 2.45) is 0 Å². The molecule has 11 nitrogen and oxygen atoms in total. The van der Waals surface area contributed by atoms with Gasteiger partial charge >= 0.3 is 0 Å². The largest absolute Gasteiger partial charge is 0.497 e. The summed E-state index contributed by atoms with van der Waals surface area (Å²) in [5.41, 5.74) is 3.05. The summed E-state index contributed by atoms with van der Waals surface area (Å²) in [5.74, 6) is 2.11. The first-order valence-corrected chi connectivity index (χ1v) is 10.8. The third-order valence-corrected chi connectivity index (χ3v) is 5.60. The van der Waals surface area contributed by atoms with E-state index < -0.39 is 0 Å². The smallest absolute Gasteiger partial charge is 0.261 e. The van der Waals surface area contributed by atoms with Gasteiger partial charge in [-0.3, -0.25) is 9.48 Å². The van der Waals surface area contributed by atoms with Gasteiger partial charge in [0.15, 0.2) is 0 Å². The molecular formula is C23H24N8O3. The van der Waals surface area contributed by atoms with E-state index in [1.807, 2.05) is 20.0 Å². The first kappa shape index (κ1) is 21.4. The number of benzene rings is 1. The van der Waals surface area contributed by atoms with Crippen LogP contribution in [0.5, 0.6) is 11.5 Å². The van der Waals surface area contributed by atoms with Crippen molar-refractivity contribution in [2.45, 2.75) is 26.4 Å². The fourth-order valence-electron chi connectivity index (χ4n) is 3.91. The Hall–Kier alpha value is -4.41. The van der Waals surface area contributed by atoms with E-state index >= 15 is 0 Å². The molecule has 1 atom stereocenters. The highest BCUT2D eigenvalue weighted by molar-refractivity contribution is 5.97. The third kappa shape index (κ3) is 3.60. The number of ether oxygens (including phenoxy) is 2. The van der Waals surface area contributed by atoms with Crippen molar-refractivity contribution in [1.82, 2.24) is 34.7 Å². The molecule has 3 N–H and O–H groups in total. The van der Waals surface area contributed by atoms with Gasteiger partial charge in [0.1, 0.15) is 39.7 Å². The summed E-state index contributed by atoms with van der Waals surface area (Å²) in [5, 5.41) is 8.08. The predicted molar refractivity (Wildman–Crippen MR) is 128 cm³/mol. The number of anilines is 1. The van der Waals surface area contributed by atoms with Crippen molar-refractivity contribution in [3.05, 3.63) is 53.0 Å². The number of pyridine rings is 1. The van der Waals surface area contributed by atoms with Gasteiger partial charge in [-0.05, 0) is 19.9 Å². The van der Waals surface area contributed by atoms with Gasteiger partial charge in [0.2, 0.25) is 0 Å². The number of fused-ring (bicyclic) bond motifs is 2. The molecule has 4 heterocycles. The van der Waals surface area contributed by atoms with E-state index in [2.05, 4.69) is 30.4 Å². The molecule has 0 amide bonds. The van der Waals surface area contributed by atoms with Gasteiger partial charge in [-0.15, -0.1) is 0 Å². The molecule has 174 valence electrons. The van der Waals surface area contributed by atoms with Crippen LogP contribution < -0.4 is 20.3 Å². The summed E-state index contributed by atoms with van der Waals surface area (Å²) >= 11 is 0. The number of hydrogen-bond acceptors (Lipinski definition) is 8. The van der Waals surface area contributed by atoms with Crippen molar-refractivity contribution < 1.29 is 9.47 Å². The first-order chi connectivity index (χ1) is 16.5. The van der Waals surface area contributed by atoms with Gasteiger partial charge in [-0.2, -0.15) is 5.10 Å². The Kier molecular flexibility index (Phi) is 5.36. The molecule has 0 fully saturated rings. The van der Waals surface area contributed by atoms with Crippen LogP contribution >= 0.6 is 0 Å². The van der Waals surface area contributed by atoms with Crippen LogP contribution in [0.4, 0.5) is 5.69 Å². The Morgan fingerprint density at radius 2 is 1.88 bits per heavy atom. The zero-order valence-electron chi connectivity index (χ0n) is 19.2. The number of methoxy groups -OCH3 is 2. The molecule has 0 saturated heterocycles. The van der Waals surface area contributed by atoms with E-state index in [1.54, 1.807) is 49.5 Å². The van der Waals surface area contributed by atoms with E-state index in [4.69, 9.17) is 14.5 Å². The monoisotopic (exact) mass is 460 g/mol. The molecule has 0 bridgehead atoms. The summed E-state index contributed by atoms with van der Waals surface area (Å²) in [4.78, 5) is 32.9. The zero-order chi connectivity index (χ0) is 23.8. The van der Waals surface area contributed by atoms with Crippen LogP contribution in [0.15, 0.2) is 41.6 Å². The number of rotatable bonds is 7. The maximum atomic E-state index is 13.3. The molecule has 0 spiro atoms. The molecule has 5 rings (SSSR count). The molecule has 0 aliphatic rings. The normalized spacial score (nSPS) is 12.2. The molecule has 11 heteroatoms. The van der Waals surface area contributed by atoms with Crippen molar-refractivity contribution >= 4 is 27.8 Å². The lowest BCUT2D eigenvalue weighted by Gasteiger charge is -2.16. The predicted octanol–water partition coefficient (Wildman–Crippen LogP) is 3.27. The van der Waals surface area contributed by atoms with Crippen LogP contribution in [0.2, 0.25) is 0 Å². The second-order valence-corrected chi connectivity index (χ2v) is 7.74. The third-order valence-electron chi connectivity index (χ3n) is 5.60. The van der Waals surface area contributed by atoms with Crippen LogP contribution in [-0.4, -0.2) is 48.9 Å². The number of imidazole rings is 1.